The van der Waals surface area contributed by atoms with Crippen LogP contribution in [0.3, 0.4) is 0 Å². The van der Waals surface area contributed by atoms with Crippen molar-refractivity contribution in [2.75, 3.05) is 26.2 Å². The molecule has 2 aliphatic heterocycles. The summed E-state index contributed by atoms with van der Waals surface area (Å²) in [7, 11) is 0. The largest absolute Gasteiger partial charge is 0.316 e. The Balaban J connectivity index is 1.66. The van der Waals surface area contributed by atoms with Gasteiger partial charge in [-0.15, -0.1) is 11.3 Å². The maximum atomic E-state index is 6.15. The molecule has 2 fully saturated rings. The van der Waals surface area contributed by atoms with E-state index in [-0.39, 0.29) is 0 Å². The van der Waals surface area contributed by atoms with Gasteiger partial charge in [0, 0.05) is 19.6 Å². The minimum atomic E-state index is 0.720. The van der Waals surface area contributed by atoms with Gasteiger partial charge in [0.15, 0.2) is 0 Å². The Morgan fingerprint density at radius 3 is 2.56 bits per heavy atom. The predicted molar refractivity (Wildman–Crippen MR) is 69.5 cm³/mol. The molecule has 3 heterocycles. The van der Waals surface area contributed by atoms with E-state index in [9.17, 15) is 0 Å². The standard InChI is InChI=1S/C11H14Cl2N2S/c12-10-9(6-16-11(10)13)5-15-3-7-1-14-2-8(7)4-15/h6-8,14H,1-5H2/t7-,8+. The molecule has 0 amide bonds. The van der Waals surface area contributed by atoms with Crippen LogP contribution in [0.2, 0.25) is 9.36 Å². The fraction of sp³-hybridized carbons (Fsp3) is 0.636. The summed E-state index contributed by atoms with van der Waals surface area (Å²) in [6.07, 6.45) is 0. The zero-order valence-corrected chi connectivity index (χ0v) is 11.2. The maximum Gasteiger partial charge on any atom is 0.112 e. The van der Waals surface area contributed by atoms with Gasteiger partial charge in [0.2, 0.25) is 0 Å². The number of halogens is 2. The minimum Gasteiger partial charge on any atom is -0.316 e. The molecule has 0 bridgehead atoms. The van der Waals surface area contributed by atoms with Crippen LogP contribution < -0.4 is 5.32 Å². The second-order valence-corrected chi connectivity index (χ2v) is 6.58. The molecule has 2 saturated heterocycles. The normalized spacial score (nSPS) is 29.9. The van der Waals surface area contributed by atoms with Crippen molar-refractivity contribution in [1.82, 2.24) is 10.2 Å². The van der Waals surface area contributed by atoms with E-state index in [2.05, 4.69) is 15.6 Å². The molecule has 2 atom stereocenters. The lowest BCUT2D eigenvalue weighted by molar-refractivity contribution is 0.306. The van der Waals surface area contributed by atoms with Crippen molar-refractivity contribution in [3.63, 3.8) is 0 Å². The van der Waals surface area contributed by atoms with Gasteiger partial charge in [-0.05, 0) is 35.9 Å². The van der Waals surface area contributed by atoms with Gasteiger partial charge in [-0.3, -0.25) is 4.90 Å². The molecule has 0 spiro atoms. The summed E-state index contributed by atoms with van der Waals surface area (Å²) in [5, 5.41) is 6.28. The highest BCUT2D eigenvalue weighted by Gasteiger charge is 2.36. The van der Waals surface area contributed by atoms with Crippen molar-refractivity contribution in [1.29, 1.82) is 0 Å². The van der Waals surface area contributed by atoms with E-state index in [1.807, 2.05) is 0 Å². The van der Waals surface area contributed by atoms with Crippen molar-refractivity contribution < 1.29 is 0 Å². The molecule has 88 valence electrons. The zero-order chi connectivity index (χ0) is 11.1. The summed E-state index contributed by atoms with van der Waals surface area (Å²) in [5.74, 6) is 1.68. The molecule has 0 radical (unpaired) electrons. The van der Waals surface area contributed by atoms with Crippen molar-refractivity contribution in [3.05, 3.63) is 20.3 Å². The molecular weight excluding hydrogens is 263 g/mol. The number of hydrogen-bond acceptors (Lipinski definition) is 3. The summed E-state index contributed by atoms with van der Waals surface area (Å²) in [4.78, 5) is 2.50. The third kappa shape index (κ3) is 2.00. The van der Waals surface area contributed by atoms with E-state index in [0.717, 1.165) is 27.7 Å². The number of likely N-dealkylation sites (tertiary alicyclic amines) is 1. The quantitative estimate of drug-likeness (QED) is 0.894. The van der Waals surface area contributed by atoms with Gasteiger partial charge < -0.3 is 5.32 Å². The third-order valence-electron chi connectivity index (χ3n) is 3.62. The van der Waals surface area contributed by atoms with Gasteiger partial charge in [0.05, 0.1) is 5.02 Å². The van der Waals surface area contributed by atoms with Crippen LogP contribution in [0.5, 0.6) is 0 Å². The molecule has 1 N–H and O–H groups in total. The summed E-state index contributed by atoms with van der Waals surface area (Å²) in [6.45, 7) is 5.70. The molecule has 2 aliphatic rings. The maximum absolute atomic E-state index is 6.15. The van der Waals surface area contributed by atoms with Gasteiger partial charge >= 0.3 is 0 Å². The van der Waals surface area contributed by atoms with E-state index in [1.54, 1.807) is 0 Å². The highest BCUT2D eigenvalue weighted by molar-refractivity contribution is 7.15. The van der Waals surface area contributed by atoms with Crippen LogP contribution in [0.15, 0.2) is 5.38 Å². The Morgan fingerprint density at radius 2 is 2.00 bits per heavy atom. The lowest BCUT2D eigenvalue weighted by Gasteiger charge is -2.16. The Kier molecular flexibility index (Phi) is 3.15. The van der Waals surface area contributed by atoms with E-state index in [4.69, 9.17) is 23.2 Å². The van der Waals surface area contributed by atoms with Crippen molar-refractivity contribution in [2.45, 2.75) is 6.54 Å². The first-order valence-corrected chi connectivity index (χ1v) is 7.22. The monoisotopic (exact) mass is 276 g/mol. The summed E-state index contributed by atoms with van der Waals surface area (Å²) < 4.78 is 0.720. The Labute approximate surface area is 110 Å². The molecule has 16 heavy (non-hydrogen) atoms. The van der Waals surface area contributed by atoms with Crippen LogP contribution >= 0.6 is 34.5 Å². The van der Waals surface area contributed by atoms with Crippen molar-refractivity contribution in [2.24, 2.45) is 11.8 Å². The molecular formula is C11H14Cl2N2S. The second kappa shape index (κ2) is 4.46. The van der Waals surface area contributed by atoms with E-state index < -0.39 is 0 Å². The number of thiophene rings is 1. The molecule has 1 aromatic heterocycles. The fourth-order valence-electron chi connectivity index (χ4n) is 2.78. The van der Waals surface area contributed by atoms with Gasteiger partial charge in [-0.1, -0.05) is 23.2 Å². The smallest absolute Gasteiger partial charge is 0.112 e. The van der Waals surface area contributed by atoms with Crippen LogP contribution in [0, 0.1) is 11.8 Å². The van der Waals surface area contributed by atoms with Crippen LogP contribution in [-0.4, -0.2) is 31.1 Å². The van der Waals surface area contributed by atoms with E-state index in [0.29, 0.717) is 0 Å². The van der Waals surface area contributed by atoms with E-state index >= 15 is 0 Å². The average Bonchev–Trinajstić information content (AvgIpc) is 2.88. The van der Waals surface area contributed by atoms with Crippen LogP contribution in [0.4, 0.5) is 0 Å². The number of nitrogens with zero attached hydrogens (tertiary/aromatic N) is 1. The lowest BCUT2D eigenvalue weighted by Crippen LogP contribution is -2.25. The molecule has 0 aliphatic carbocycles. The fourth-order valence-corrected chi connectivity index (χ4v) is 4.02. The van der Waals surface area contributed by atoms with Crippen LogP contribution in [0.25, 0.3) is 0 Å². The predicted octanol–water partition coefficient (Wildman–Crippen LogP) is 2.71. The highest BCUT2D eigenvalue weighted by Crippen LogP contribution is 2.35. The first-order chi connectivity index (χ1) is 7.74. The van der Waals surface area contributed by atoms with Crippen molar-refractivity contribution >= 4 is 34.5 Å². The van der Waals surface area contributed by atoms with E-state index in [1.165, 1.54) is 43.1 Å². The summed E-state index contributed by atoms with van der Waals surface area (Å²) in [5.41, 5.74) is 1.18. The number of rotatable bonds is 2. The SMILES string of the molecule is Clc1scc(CN2C[C@H]3CNC[C@H]3C2)c1Cl. The third-order valence-corrected chi connectivity index (χ3v) is 5.53. The Bertz CT molecular complexity index is 381. The van der Waals surface area contributed by atoms with Crippen molar-refractivity contribution in [3.8, 4) is 0 Å². The first kappa shape index (κ1) is 11.3. The molecule has 0 unspecified atom stereocenters. The molecule has 0 saturated carbocycles. The molecule has 0 aromatic carbocycles. The summed E-state index contributed by atoms with van der Waals surface area (Å²) >= 11 is 13.6. The minimum absolute atomic E-state index is 0.720. The highest BCUT2D eigenvalue weighted by atomic mass is 35.5. The zero-order valence-electron chi connectivity index (χ0n) is 8.88. The average molecular weight is 277 g/mol. The van der Waals surface area contributed by atoms with Gasteiger partial charge in [-0.2, -0.15) is 0 Å². The topological polar surface area (TPSA) is 15.3 Å². The molecule has 1 aromatic rings. The first-order valence-electron chi connectivity index (χ1n) is 5.58. The van der Waals surface area contributed by atoms with Gasteiger partial charge in [-0.25, -0.2) is 0 Å². The number of nitrogens with one attached hydrogen (secondary N) is 1. The molecule has 3 rings (SSSR count). The van der Waals surface area contributed by atoms with Crippen LogP contribution in [-0.2, 0) is 6.54 Å². The Morgan fingerprint density at radius 1 is 1.31 bits per heavy atom. The van der Waals surface area contributed by atoms with Gasteiger partial charge in [0.1, 0.15) is 4.34 Å². The number of fused-ring (bicyclic) bond motifs is 1. The second-order valence-electron chi connectivity index (χ2n) is 4.72. The molecule has 5 heteroatoms. The van der Waals surface area contributed by atoms with Crippen LogP contribution in [0.1, 0.15) is 5.56 Å². The Hall–Kier alpha value is 0.200. The summed E-state index contributed by atoms with van der Waals surface area (Å²) in [6, 6.07) is 0. The van der Waals surface area contributed by atoms with Gasteiger partial charge in [0.25, 0.3) is 0 Å². The number of hydrogen-bond donors (Lipinski definition) is 1. The lowest BCUT2D eigenvalue weighted by atomic mass is 10.0. The molecule has 2 nitrogen and oxygen atoms in total.